The molecule has 2 nitrogen and oxygen atoms in total. The van der Waals surface area contributed by atoms with E-state index < -0.39 is 0 Å². The van der Waals surface area contributed by atoms with Gasteiger partial charge in [-0.25, -0.2) is 0 Å². The summed E-state index contributed by atoms with van der Waals surface area (Å²) in [6.07, 6.45) is 7.81. The van der Waals surface area contributed by atoms with Crippen molar-refractivity contribution in [3.05, 3.63) is 0 Å². The zero-order valence-corrected chi connectivity index (χ0v) is 8.21. The van der Waals surface area contributed by atoms with Gasteiger partial charge in [-0.15, -0.1) is 0 Å². The Balaban J connectivity index is 2.01. The molecule has 2 fully saturated rings. The molecule has 2 aliphatic carbocycles. The molecule has 1 unspecified atom stereocenters. The van der Waals surface area contributed by atoms with E-state index in [0.29, 0.717) is 5.92 Å². The maximum Gasteiger partial charge on any atom is 0.0646 e. The van der Waals surface area contributed by atoms with Gasteiger partial charge in [0.25, 0.3) is 0 Å². The number of aliphatic hydroxyl groups is 2. The molecule has 2 aliphatic rings. The minimum atomic E-state index is -0.228. The van der Waals surface area contributed by atoms with Crippen LogP contribution in [0.1, 0.15) is 44.9 Å². The van der Waals surface area contributed by atoms with E-state index in [9.17, 15) is 10.2 Å². The molecule has 13 heavy (non-hydrogen) atoms. The zero-order valence-electron chi connectivity index (χ0n) is 8.21. The molecule has 0 aliphatic heterocycles. The summed E-state index contributed by atoms with van der Waals surface area (Å²) in [5, 5.41) is 19.6. The molecule has 2 heteroatoms. The van der Waals surface area contributed by atoms with Crippen LogP contribution in [-0.4, -0.2) is 22.9 Å². The molecule has 0 aromatic heterocycles. The van der Waals surface area contributed by atoms with Crippen LogP contribution in [0.25, 0.3) is 0 Å². The summed E-state index contributed by atoms with van der Waals surface area (Å²) in [4.78, 5) is 0. The van der Waals surface area contributed by atoms with Gasteiger partial charge < -0.3 is 10.2 Å². The smallest absolute Gasteiger partial charge is 0.0646 e. The first-order chi connectivity index (χ1) is 6.28. The Kier molecular flexibility index (Phi) is 2.61. The van der Waals surface area contributed by atoms with Crippen molar-refractivity contribution in [3.8, 4) is 0 Å². The highest BCUT2D eigenvalue weighted by Crippen LogP contribution is 2.46. The van der Waals surface area contributed by atoms with Gasteiger partial charge in [0.15, 0.2) is 0 Å². The molecule has 0 saturated heterocycles. The van der Waals surface area contributed by atoms with Gasteiger partial charge in [0.05, 0.1) is 12.7 Å². The Morgan fingerprint density at radius 2 is 1.77 bits per heavy atom. The second-order valence-electron chi connectivity index (χ2n) is 4.86. The van der Waals surface area contributed by atoms with Crippen LogP contribution in [0.5, 0.6) is 0 Å². The predicted molar refractivity (Wildman–Crippen MR) is 51.3 cm³/mol. The van der Waals surface area contributed by atoms with Gasteiger partial charge in [0.1, 0.15) is 0 Å². The van der Waals surface area contributed by atoms with Crippen LogP contribution in [0, 0.1) is 11.3 Å². The van der Waals surface area contributed by atoms with Gasteiger partial charge in [0, 0.05) is 5.41 Å². The van der Waals surface area contributed by atoms with Crippen LogP contribution >= 0.6 is 0 Å². The topological polar surface area (TPSA) is 40.5 Å². The fourth-order valence-corrected chi connectivity index (χ4v) is 2.88. The van der Waals surface area contributed by atoms with Crippen molar-refractivity contribution in [1.82, 2.24) is 0 Å². The third-order valence-electron chi connectivity index (χ3n) is 4.14. The van der Waals surface area contributed by atoms with E-state index in [-0.39, 0.29) is 18.1 Å². The molecular formula is C11H20O2. The van der Waals surface area contributed by atoms with Crippen molar-refractivity contribution < 1.29 is 10.2 Å². The Labute approximate surface area is 80.0 Å². The first kappa shape index (κ1) is 9.47. The van der Waals surface area contributed by atoms with Crippen LogP contribution in [0.4, 0.5) is 0 Å². The summed E-state index contributed by atoms with van der Waals surface area (Å²) in [5.41, 5.74) is -0.120. The molecule has 2 rings (SSSR count). The monoisotopic (exact) mass is 184 g/mol. The van der Waals surface area contributed by atoms with Gasteiger partial charge in [-0.05, 0) is 31.6 Å². The zero-order chi connectivity index (χ0) is 9.31. The Morgan fingerprint density at radius 1 is 1.15 bits per heavy atom. The lowest BCUT2D eigenvalue weighted by Gasteiger charge is -2.41. The summed E-state index contributed by atoms with van der Waals surface area (Å²) in [7, 11) is 0. The molecule has 0 spiro atoms. The Hall–Kier alpha value is -0.0800. The minimum Gasteiger partial charge on any atom is -0.396 e. The van der Waals surface area contributed by atoms with Gasteiger partial charge in [0.2, 0.25) is 0 Å². The molecule has 0 bridgehead atoms. The summed E-state index contributed by atoms with van der Waals surface area (Å²) >= 11 is 0. The maximum absolute atomic E-state index is 10.2. The summed E-state index contributed by atoms with van der Waals surface area (Å²) in [5.74, 6) is 0.491. The summed E-state index contributed by atoms with van der Waals surface area (Å²) < 4.78 is 0. The molecule has 2 saturated carbocycles. The summed E-state index contributed by atoms with van der Waals surface area (Å²) in [6.45, 7) is 0.185. The molecule has 0 radical (unpaired) electrons. The number of aliphatic hydroxyl groups excluding tert-OH is 2. The van der Waals surface area contributed by atoms with Crippen molar-refractivity contribution in [2.24, 2.45) is 11.3 Å². The van der Waals surface area contributed by atoms with E-state index in [2.05, 4.69) is 0 Å². The maximum atomic E-state index is 10.2. The van der Waals surface area contributed by atoms with Crippen molar-refractivity contribution >= 4 is 0 Å². The standard InChI is InChI=1S/C11H20O2/c12-8-11(6-1-2-7-11)10(13)9-4-3-5-9/h9-10,12-13H,1-8H2. The Morgan fingerprint density at radius 3 is 2.15 bits per heavy atom. The van der Waals surface area contributed by atoms with Crippen molar-refractivity contribution in [1.29, 1.82) is 0 Å². The van der Waals surface area contributed by atoms with E-state index >= 15 is 0 Å². The van der Waals surface area contributed by atoms with Crippen LogP contribution < -0.4 is 0 Å². The highest BCUT2D eigenvalue weighted by molar-refractivity contribution is 4.95. The van der Waals surface area contributed by atoms with E-state index in [0.717, 1.165) is 12.8 Å². The molecule has 0 amide bonds. The van der Waals surface area contributed by atoms with Crippen LogP contribution in [-0.2, 0) is 0 Å². The minimum absolute atomic E-state index is 0.120. The second-order valence-corrected chi connectivity index (χ2v) is 4.86. The fourth-order valence-electron chi connectivity index (χ4n) is 2.88. The van der Waals surface area contributed by atoms with Crippen molar-refractivity contribution in [2.75, 3.05) is 6.61 Å². The summed E-state index contributed by atoms with van der Waals surface area (Å²) in [6, 6.07) is 0. The predicted octanol–water partition coefficient (Wildman–Crippen LogP) is 1.70. The van der Waals surface area contributed by atoms with E-state index in [1.54, 1.807) is 0 Å². The molecule has 1 atom stereocenters. The number of hydrogen-bond donors (Lipinski definition) is 2. The fraction of sp³-hybridized carbons (Fsp3) is 1.00. The lowest BCUT2D eigenvalue weighted by molar-refractivity contribution is -0.0679. The van der Waals surface area contributed by atoms with E-state index in [1.165, 1.54) is 32.1 Å². The van der Waals surface area contributed by atoms with Crippen LogP contribution in [0.3, 0.4) is 0 Å². The highest BCUT2D eigenvalue weighted by Gasteiger charge is 2.44. The molecule has 0 aromatic carbocycles. The van der Waals surface area contributed by atoms with Crippen molar-refractivity contribution in [3.63, 3.8) is 0 Å². The van der Waals surface area contributed by atoms with Crippen molar-refractivity contribution in [2.45, 2.75) is 51.0 Å². The SMILES string of the molecule is OCC1(C(O)C2CCC2)CCCC1. The average Bonchev–Trinajstić information content (AvgIpc) is 2.49. The van der Waals surface area contributed by atoms with E-state index in [4.69, 9.17) is 0 Å². The van der Waals surface area contributed by atoms with Gasteiger partial charge in [-0.1, -0.05) is 19.3 Å². The first-order valence-corrected chi connectivity index (χ1v) is 5.57. The number of rotatable bonds is 3. The van der Waals surface area contributed by atoms with Crippen LogP contribution in [0.2, 0.25) is 0 Å². The van der Waals surface area contributed by atoms with Gasteiger partial charge in [-0.2, -0.15) is 0 Å². The lowest BCUT2D eigenvalue weighted by Crippen LogP contribution is -2.43. The molecule has 2 N–H and O–H groups in total. The molecular weight excluding hydrogens is 164 g/mol. The van der Waals surface area contributed by atoms with Crippen LogP contribution in [0.15, 0.2) is 0 Å². The molecule has 0 heterocycles. The largest absolute Gasteiger partial charge is 0.396 e. The number of hydrogen-bond acceptors (Lipinski definition) is 2. The van der Waals surface area contributed by atoms with Gasteiger partial charge >= 0.3 is 0 Å². The quantitative estimate of drug-likeness (QED) is 0.701. The average molecular weight is 184 g/mol. The first-order valence-electron chi connectivity index (χ1n) is 5.57. The van der Waals surface area contributed by atoms with E-state index in [1.807, 2.05) is 0 Å². The second kappa shape index (κ2) is 3.58. The molecule has 76 valence electrons. The third kappa shape index (κ3) is 1.50. The molecule has 0 aromatic rings. The lowest BCUT2D eigenvalue weighted by atomic mass is 9.68. The van der Waals surface area contributed by atoms with Gasteiger partial charge in [-0.3, -0.25) is 0 Å². The third-order valence-corrected chi connectivity index (χ3v) is 4.14. The normalized spacial score (nSPS) is 30.0. The Bertz CT molecular complexity index is 169. The highest BCUT2D eigenvalue weighted by atomic mass is 16.3.